The lowest BCUT2D eigenvalue weighted by Gasteiger charge is -2.09. The number of aromatic nitrogens is 3. The van der Waals surface area contributed by atoms with E-state index >= 15 is 0 Å². The molecule has 0 bridgehead atoms. The molecule has 1 aliphatic carbocycles. The molecule has 1 aromatic heterocycles. The molecule has 1 saturated carbocycles. The van der Waals surface area contributed by atoms with Crippen LogP contribution in [0.5, 0.6) is 0 Å². The Labute approximate surface area is 175 Å². The fourth-order valence-electron chi connectivity index (χ4n) is 3.40. The first-order valence-electron chi connectivity index (χ1n) is 10.0. The second-order valence-electron chi connectivity index (χ2n) is 7.65. The largest absolute Gasteiger partial charge is 0.345 e. The summed E-state index contributed by atoms with van der Waals surface area (Å²) < 4.78 is 57.4. The number of hydrogen-bond acceptors (Lipinski definition) is 6. The number of nitrogens with one attached hydrogen (secondary N) is 2. The van der Waals surface area contributed by atoms with Gasteiger partial charge < -0.3 is 0 Å². The fraction of sp³-hybridized carbons (Fsp3) is 0.556. The summed E-state index contributed by atoms with van der Waals surface area (Å²) in [5.41, 5.74) is -0.149. The molecule has 0 unspecified atom stereocenters. The average Bonchev–Trinajstić information content (AvgIpc) is 3.47. The molecule has 2 aliphatic rings. The van der Waals surface area contributed by atoms with Crippen LogP contribution in [-0.2, 0) is 39.6 Å². The Hall–Kier alpha value is -2.02. The summed E-state index contributed by atoms with van der Waals surface area (Å²) in [6, 6.07) is 5.10. The second-order valence-corrected chi connectivity index (χ2v) is 11.1. The Morgan fingerprint density at radius 1 is 1.00 bits per heavy atom. The SMILES string of the molecule is O=c1n(CCCNS(=O)(=O)c2ccc(S(=O)(=O)NC3CC3)cc2)nc2n1CCCC2. The number of rotatable bonds is 9. The predicted molar refractivity (Wildman–Crippen MR) is 109 cm³/mol. The van der Waals surface area contributed by atoms with Crippen LogP contribution in [-0.4, -0.2) is 43.8 Å². The van der Waals surface area contributed by atoms with Gasteiger partial charge in [0.25, 0.3) is 0 Å². The van der Waals surface area contributed by atoms with Crippen LogP contribution in [0.15, 0.2) is 38.9 Å². The Morgan fingerprint density at radius 2 is 1.67 bits per heavy atom. The maximum absolute atomic E-state index is 12.5. The summed E-state index contributed by atoms with van der Waals surface area (Å²) in [4.78, 5) is 12.3. The maximum Gasteiger partial charge on any atom is 0.345 e. The van der Waals surface area contributed by atoms with Crippen LogP contribution in [0.25, 0.3) is 0 Å². The molecule has 4 rings (SSSR count). The van der Waals surface area contributed by atoms with Gasteiger partial charge in [-0.25, -0.2) is 35.8 Å². The van der Waals surface area contributed by atoms with Gasteiger partial charge in [-0.05, 0) is 56.4 Å². The molecule has 0 saturated heterocycles. The molecule has 1 aromatic carbocycles. The summed E-state index contributed by atoms with van der Waals surface area (Å²) in [5.74, 6) is 0.790. The van der Waals surface area contributed by atoms with Crippen molar-refractivity contribution in [3.63, 3.8) is 0 Å². The van der Waals surface area contributed by atoms with Crippen molar-refractivity contribution < 1.29 is 16.8 Å². The molecule has 10 nitrogen and oxygen atoms in total. The molecule has 2 aromatic rings. The Bertz CT molecular complexity index is 1180. The normalized spacial score (nSPS) is 17.1. The molecule has 0 radical (unpaired) electrons. The molecule has 0 amide bonds. The van der Waals surface area contributed by atoms with Gasteiger partial charge in [-0.2, -0.15) is 5.10 Å². The Balaban J connectivity index is 1.33. The van der Waals surface area contributed by atoms with Gasteiger partial charge >= 0.3 is 5.69 Å². The Morgan fingerprint density at radius 3 is 2.30 bits per heavy atom. The maximum atomic E-state index is 12.5. The van der Waals surface area contributed by atoms with E-state index in [0.29, 0.717) is 19.5 Å². The molecule has 30 heavy (non-hydrogen) atoms. The molecule has 0 spiro atoms. The first kappa shape index (κ1) is 21.2. The van der Waals surface area contributed by atoms with Crippen molar-refractivity contribution in [2.75, 3.05) is 6.54 Å². The van der Waals surface area contributed by atoms with Crippen molar-refractivity contribution in [1.82, 2.24) is 23.8 Å². The predicted octanol–water partition coefficient (Wildman–Crippen LogP) is 0.190. The van der Waals surface area contributed by atoms with E-state index in [2.05, 4.69) is 14.5 Å². The van der Waals surface area contributed by atoms with Gasteiger partial charge in [0.15, 0.2) is 0 Å². The summed E-state index contributed by atoms with van der Waals surface area (Å²) in [5, 5.41) is 4.33. The second kappa shape index (κ2) is 8.25. The van der Waals surface area contributed by atoms with Crippen molar-refractivity contribution in [2.45, 2.75) is 67.4 Å². The molecular formula is C18H25N5O5S2. The van der Waals surface area contributed by atoms with E-state index in [1.165, 1.54) is 28.9 Å². The topological polar surface area (TPSA) is 132 Å². The van der Waals surface area contributed by atoms with Crippen molar-refractivity contribution in [2.24, 2.45) is 0 Å². The third-order valence-electron chi connectivity index (χ3n) is 5.21. The molecule has 1 aliphatic heterocycles. The molecule has 164 valence electrons. The van der Waals surface area contributed by atoms with E-state index in [1.807, 2.05) is 0 Å². The first-order chi connectivity index (χ1) is 14.3. The van der Waals surface area contributed by atoms with Gasteiger partial charge in [-0.1, -0.05) is 0 Å². The average molecular weight is 456 g/mol. The van der Waals surface area contributed by atoms with Gasteiger partial charge in [0, 0.05) is 32.1 Å². The van der Waals surface area contributed by atoms with Crippen molar-refractivity contribution in [3.05, 3.63) is 40.6 Å². The first-order valence-corrected chi connectivity index (χ1v) is 13.0. The number of benzene rings is 1. The van der Waals surface area contributed by atoms with Gasteiger partial charge in [0.1, 0.15) is 5.82 Å². The van der Waals surface area contributed by atoms with Crippen molar-refractivity contribution >= 4 is 20.0 Å². The third kappa shape index (κ3) is 4.66. The number of aryl methyl sites for hydroxylation is 2. The molecular weight excluding hydrogens is 430 g/mol. The van der Waals surface area contributed by atoms with Crippen LogP contribution in [0.1, 0.15) is 37.9 Å². The fourth-order valence-corrected chi connectivity index (χ4v) is 5.78. The van der Waals surface area contributed by atoms with E-state index in [-0.39, 0.29) is 28.1 Å². The smallest absolute Gasteiger partial charge is 0.279 e. The Kier molecular flexibility index (Phi) is 5.84. The quantitative estimate of drug-likeness (QED) is 0.519. The summed E-state index contributed by atoms with van der Waals surface area (Å²) >= 11 is 0. The minimum absolute atomic E-state index is 0.0116. The molecule has 0 atom stereocenters. The number of sulfonamides is 2. The van der Waals surface area contributed by atoms with E-state index in [4.69, 9.17) is 0 Å². The standard InChI is InChI=1S/C18H25N5O5S2/c24-18-22-12-2-1-4-17(22)20-23(18)13-3-11-19-29(25,26)15-7-9-16(10-8-15)30(27,28)21-14-5-6-14/h7-10,14,19,21H,1-6,11-13H2. The summed E-state index contributed by atoms with van der Waals surface area (Å²) in [6.07, 6.45) is 4.83. The lowest BCUT2D eigenvalue weighted by atomic mass is 10.2. The summed E-state index contributed by atoms with van der Waals surface area (Å²) in [6.45, 7) is 1.15. The van der Waals surface area contributed by atoms with Crippen LogP contribution in [0, 0.1) is 0 Å². The highest BCUT2D eigenvalue weighted by Crippen LogP contribution is 2.22. The number of fused-ring (bicyclic) bond motifs is 1. The van der Waals surface area contributed by atoms with Crippen LogP contribution in [0.4, 0.5) is 0 Å². The van der Waals surface area contributed by atoms with Crippen LogP contribution >= 0.6 is 0 Å². The molecule has 2 heterocycles. The molecule has 1 fully saturated rings. The zero-order valence-corrected chi connectivity index (χ0v) is 18.1. The van der Waals surface area contributed by atoms with E-state index in [1.54, 1.807) is 4.57 Å². The highest BCUT2D eigenvalue weighted by molar-refractivity contribution is 7.90. The lowest BCUT2D eigenvalue weighted by Crippen LogP contribution is -2.29. The van der Waals surface area contributed by atoms with Crippen molar-refractivity contribution in [3.8, 4) is 0 Å². The number of nitrogens with zero attached hydrogens (tertiary/aromatic N) is 3. The van der Waals surface area contributed by atoms with Gasteiger partial charge in [-0.15, -0.1) is 0 Å². The minimum atomic E-state index is -3.78. The monoisotopic (exact) mass is 455 g/mol. The molecule has 12 heteroatoms. The van der Waals surface area contributed by atoms with Gasteiger partial charge in [0.2, 0.25) is 20.0 Å². The van der Waals surface area contributed by atoms with Crippen LogP contribution in [0.2, 0.25) is 0 Å². The van der Waals surface area contributed by atoms with Gasteiger partial charge in [-0.3, -0.25) is 4.57 Å². The zero-order valence-electron chi connectivity index (χ0n) is 16.5. The van der Waals surface area contributed by atoms with E-state index < -0.39 is 20.0 Å². The minimum Gasteiger partial charge on any atom is -0.279 e. The highest BCUT2D eigenvalue weighted by Gasteiger charge is 2.28. The molecule has 2 N–H and O–H groups in total. The highest BCUT2D eigenvalue weighted by atomic mass is 32.2. The van der Waals surface area contributed by atoms with Gasteiger partial charge in [0.05, 0.1) is 9.79 Å². The van der Waals surface area contributed by atoms with Crippen LogP contribution < -0.4 is 15.1 Å². The van der Waals surface area contributed by atoms with Crippen molar-refractivity contribution in [1.29, 1.82) is 0 Å². The van der Waals surface area contributed by atoms with E-state index in [0.717, 1.165) is 37.9 Å². The van der Waals surface area contributed by atoms with Crippen LogP contribution in [0.3, 0.4) is 0 Å². The summed E-state index contributed by atoms with van der Waals surface area (Å²) in [7, 11) is -7.40. The lowest BCUT2D eigenvalue weighted by molar-refractivity contribution is 0.508. The number of hydrogen-bond donors (Lipinski definition) is 2. The van der Waals surface area contributed by atoms with E-state index in [9.17, 15) is 21.6 Å². The third-order valence-corrected chi connectivity index (χ3v) is 8.23. The zero-order chi connectivity index (χ0) is 21.4.